The van der Waals surface area contributed by atoms with E-state index in [1.807, 2.05) is 43.3 Å². The van der Waals surface area contributed by atoms with E-state index < -0.39 is 0 Å². The summed E-state index contributed by atoms with van der Waals surface area (Å²) in [7, 11) is 1.60. The molecule has 1 fully saturated rings. The summed E-state index contributed by atoms with van der Waals surface area (Å²) >= 11 is 0. The van der Waals surface area contributed by atoms with Gasteiger partial charge in [0.15, 0.2) is 0 Å². The molecule has 168 valence electrons. The molecule has 0 radical (unpaired) electrons. The topological polar surface area (TPSA) is 59.1 Å². The highest BCUT2D eigenvalue weighted by atomic mass is 16.5. The van der Waals surface area contributed by atoms with E-state index in [2.05, 4.69) is 18.7 Å². The molecule has 2 aliphatic heterocycles. The normalized spacial score (nSPS) is 21.4. The highest BCUT2D eigenvalue weighted by Crippen LogP contribution is 2.40. The van der Waals surface area contributed by atoms with Crippen LogP contribution in [0.3, 0.4) is 0 Å². The van der Waals surface area contributed by atoms with Crippen molar-refractivity contribution in [3.8, 4) is 11.5 Å². The number of hydrogen-bond acceptors (Lipinski definition) is 5. The van der Waals surface area contributed by atoms with Gasteiger partial charge in [0.05, 0.1) is 25.0 Å². The maximum atomic E-state index is 13.8. The van der Waals surface area contributed by atoms with Crippen molar-refractivity contribution < 1.29 is 19.1 Å². The number of amides is 2. The van der Waals surface area contributed by atoms with Crippen LogP contribution in [0.2, 0.25) is 0 Å². The fraction of sp³-hybridized carbons (Fsp3) is 0.385. The van der Waals surface area contributed by atoms with Crippen molar-refractivity contribution in [3.63, 3.8) is 0 Å². The molecule has 4 rings (SSSR count). The number of carbonyl (C=O) groups is 2. The molecule has 0 aliphatic carbocycles. The Morgan fingerprint density at radius 1 is 0.938 bits per heavy atom. The van der Waals surface area contributed by atoms with E-state index >= 15 is 0 Å². The number of carbonyl (C=O) groups excluding carboxylic acids is 2. The monoisotopic (exact) mass is 434 g/mol. The molecular weight excluding hydrogens is 404 g/mol. The number of likely N-dealkylation sites (tertiary alicyclic amines) is 1. The summed E-state index contributed by atoms with van der Waals surface area (Å²) in [5.41, 5.74) is 2.10. The second-order valence-electron chi connectivity index (χ2n) is 8.65. The third-order valence-electron chi connectivity index (χ3n) is 6.03. The quantitative estimate of drug-likeness (QED) is 0.633. The summed E-state index contributed by atoms with van der Waals surface area (Å²) in [6.45, 7) is 8.21. The van der Waals surface area contributed by atoms with Crippen LogP contribution in [0.4, 0.5) is 5.69 Å². The SMILES string of the molecule is CCOc1ccccc1N1C(=O)C(c2ccc(OC)cc2)=C(N2CC(C)CC(C)C2)C1=O. The molecule has 2 aliphatic rings. The summed E-state index contributed by atoms with van der Waals surface area (Å²) in [4.78, 5) is 31.0. The molecule has 0 spiro atoms. The molecule has 0 aromatic heterocycles. The Morgan fingerprint density at radius 3 is 2.22 bits per heavy atom. The van der Waals surface area contributed by atoms with Crippen LogP contribution in [0.15, 0.2) is 54.2 Å². The maximum Gasteiger partial charge on any atom is 0.282 e. The molecule has 2 atom stereocenters. The number of imide groups is 1. The number of methoxy groups -OCH3 is 1. The summed E-state index contributed by atoms with van der Waals surface area (Å²) < 4.78 is 11.0. The van der Waals surface area contributed by atoms with Gasteiger partial charge in [0, 0.05) is 13.1 Å². The van der Waals surface area contributed by atoms with Crippen LogP contribution in [-0.2, 0) is 9.59 Å². The molecular formula is C26H30N2O4. The Kier molecular flexibility index (Phi) is 6.21. The molecule has 6 heteroatoms. The molecule has 6 nitrogen and oxygen atoms in total. The van der Waals surface area contributed by atoms with E-state index in [0.29, 0.717) is 52.5 Å². The van der Waals surface area contributed by atoms with Gasteiger partial charge in [-0.25, -0.2) is 4.90 Å². The smallest absolute Gasteiger partial charge is 0.282 e. The van der Waals surface area contributed by atoms with Crippen LogP contribution in [0, 0.1) is 11.8 Å². The average molecular weight is 435 g/mol. The summed E-state index contributed by atoms with van der Waals surface area (Å²) in [5, 5.41) is 0. The summed E-state index contributed by atoms with van der Waals surface area (Å²) in [5.74, 6) is 1.48. The van der Waals surface area contributed by atoms with Crippen molar-refractivity contribution in [2.45, 2.75) is 27.2 Å². The van der Waals surface area contributed by atoms with Crippen LogP contribution in [0.1, 0.15) is 32.8 Å². The third-order valence-corrected chi connectivity index (χ3v) is 6.03. The highest BCUT2D eigenvalue weighted by molar-refractivity contribution is 6.45. The van der Waals surface area contributed by atoms with Crippen molar-refractivity contribution in [1.29, 1.82) is 0 Å². The van der Waals surface area contributed by atoms with E-state index in [0.717, 1.165) is 19.5 Å². The zero-order chi connectivity index (χ0) is 22.8. The lowest BCUT2D eigenvalue weighted by atomic mass is 9.91. The van der Waals surface area contributed by atoms with E-state index in [1.54, 1.807) is 19.2 Å². The zero-order valence-corrected chi connectivity index (χ0v) is 19.1. The largest absolute Gasteiger partial charge is 0.497 e. The highest BCUT2D eigenvalue weighted by Gasteiger charge is 2.44. The van der Waals surface area contributed by atoms with Crippen molar-refractivity contribution in [2.24, 2.45) is 11.8 Å². The van der Waals surface area contributed by atoms with Gasteiger partial charge in [-0.1, -0.05) is 38.1 Å². The minimum atomic E-state index is -0.326. The average Bonchev–Trinajstić information content (AvgIpc) is 3.04. The predicted molar refractivity (Wildman–Crippen MR) is 125 cm³/mol. The van der Waals surface area contributed by atoms with Gasteiger partial charge in [-0.2, -0.15) is 0 Å². The molecule has 1 saturated heterocycles. The van der Waals surface area contributed by atoms with Gasteiger partial charge in [-0.15, -0.1) is 0 Å². The first-order valence-electron chi connectivity index (χ1n) is 11.2. The Labute approximate surface area is 189 Å². The second kappa shape index (κ2) is 9.07. The third kappa shape index (κ3) is 3.97. The lowest BCUT2D eigenvalue weighted by Gasteiger charge is -2.37. The number of benzene rings is 2. The van der Waals surface area contributed by atoms with Crippen LogP contribution in [0.5, 0.6) is 11.5 Å². The van der Waals surface area contributed by atoms with Crippen LogP contribution < -0.4 is 14.4 Å². The van der Waals surface area contributed by atoms with Gasteiger partial charge in [0.2, 0.25) is 0 Å². The number of rotatable bonds is 6. The van der Waals surface area contributed by atoms with Gasteiger partial charge in [0.25, 0.3) is 11.8 Å². The standard InChI is InChI=1S/C26H30N2O4/c1-5-32-22-9-7-6-8-21(22)28-25(29)23(19-10-12-20(31-4)13-11-19)24(26(28)30)27-15-17(2)14-18(3)16-27/h6-13,17-18H,5,14-16H2,1-4H3. The minimum absolute atomic E-state index is 0.297. The minimum Gasteiger partial charge on any atom is -0.497 e. The Hall–Kier alpha value is -3.28. The maximum absolute atomic E-state index is 13.8. The van der Waals surface area contributed by atoms with Crippen molar-refractivity contribution in [2.75, 3.05) is 31.7 Å². The van der Waals surface area contributed by atoms with Crippen molar-refractivity contribution in [1.82, 2.24) is 4.90 Å². The van der Waals surface area contributed by atoms with E-state index in [9.17, 15) is 9.59 Å². The lowest BCUT2D eigenvalue weighted by Crippen LogP contribution is -2.42. The number of piperidine rings is 1. The van der Waals surface area contributed by atoms with Gasteiger partial charge in [-0.3, -0.25) is 9.59 Å². The molecule has 2 unspecified atom stereocenters. The Balaban J connectivity index is 1.83. The Morgan fingerprint density at radius 2 is 1.59 bits per heavy atom. The molecule has 2 aromatic carbocycles. The van der Waals surface area contributed by atoms with Gasteiger partial charge in [0.1, 0.15) is 17.2 Å². The second-order valence-corrected chi connectivity index (χ2v) is 8.65. The molecule has 0 saturated carbocycles. The number of anilines is 1. The molecule has 2 amide bonds. The molecule has 32 heavy (non-hydrogen) atoms. The van der Waals surface area contributed by atoms with Crippen LogP contribution >= 0.6 is 0 Å². The first-order chi connectivity index (χ1) is 15.4. The van der Waals surface area contributed by atoms with Gasteiger partial charge < -0.3 is 14.4 Å². The van der Waals surface area contributed by atoms with E-state index in [1.165, 1.54) is 4.90 Å². The molecule has 2 heterocycles. The number of ether oxygens (including phenoxy) is 2. The lowest BCUT2D eigenvalue weighted by molar-refractivity contribution is -0.120. The van der Waals surface area contributed by atoms with Crippen molar-refractivity contribution in [3.05, 3.63) is 59.8 Å². The number of hydrogen-bond donors (Lipinski definition) is 0. The Bertz CT molecular complexity index is 1030. The summed E-state index contributed by atoms with van der Waals surface area (Å²) in [6.07, 6.45) is 1.11. The molecule has 0 N–H and O–H groups in total. The fourth-order valence-corrected chi connectivity index (χ4v) is 4.81. The van der Waals surface area contributed by atoms with Gasteiger partial charge in [-0.05, 0) is 55.0 Å². The molecule has 0 bridgehead atoms. The van der Waals surface area contributed by atoms with E-state index in [4.69, 9.17) is 9.47 Å². The van der Waals surface area contributed by atoms with Gasteiger partial charge >= 0.3 is 0 Å². The molecule has 2 aromatic rings. The number of nitrogens with zero attached hydrogens (tertiary/aromatic N) is 2. The van der Waals surface area contributed by atoms with Crippen molar-refractivity contribution >= 4 is 23.1 Å². The van der Waals surface area contributed by atoms with Crippen LogP contribution in [-0.4, -0.2) is 43.5 Å². The first-order valence-corrected chi connectivity index (χ1v) is 11.2. The zero-order valence-electron chi connectivity index (χ0n) is 19.1. The van der Waals surface area contributed by atoms with E-state index in [-0.39, 0.29) is 11.8 Å². The summed E-state index contributed by atoms with van der Waals surface area (Å²) in [6, 6.07) is 14.5. The number of para-hydroxylation sites is 2. The fourth-order valence-electron chi connectivity index (χ4n) is 4.81. The predicted octanol–water partition coefficient (Wildman–Crippen LogP) is 4.36. The first kappa shape index (κ1) is 21.9. The van der Waals surface area contributed by atoms with Crippen LogP contribution in [0.25, 0.3) is 5.57 Å².